The molecule has 0 atom stereocenters. The Balaban J connectivity index is 2.79. The smallest absolute Gasteiger partial charge is 0.325 e. The number of carbonyl (C=O) groups is 2. The fourth-order valence-electron chi connectivity index (χ4n) is 1.32. The van der Waals surface area contributed by atoms with E-state index in [2.05, 4.69) is 10.1 Å². The molecule has 0 saturated carbocycles. The third-order valence-electron chi connectivity index (χ3n) is 2.21. The van der Waals surface area contributed by atoms with Gasteiger partial charge in [-0.3, -0.25) is 9.59 Å². The van der Waals surface area contributed by atoms with Crippen molar-refractivity contribution in [3.8, 4) is 0 Å². The molecule has 0 aliphatic heterocycles. The molecule has 0 aliphatic rings. The molecule has 0 spiro atoms. The number of hydrogen-bond acceptors (Lipinski definition) is 3. The number of aryl methyl sites for hydroxylation is 1. The highest BCUT2D eigenvalue weighted by Crippen LogP contribution is 2.15. The van der Waals surface area contributed by atoms with Crippen LogP contribution in [-0.4, -0.2) is 25.0 Å². The molecule has 0 radical (unpaired) electrons. The topological polar surface area (TPSA) is 55.4 Å². The maximum atomic E-state index is 13.6. The zero-order valence-corrected chi connectivity index (χ0v) is 10.0. The van der Waals surface area contributed by atoms with Crippen LogP contribution in [0.4, 0.5) is 8.78 Å². The lowest BCUT2D eigenvalue weighted by Gasteiger charge is -2.08. The number of esters is 1. The van der Waals surface area contributed by atoms with Crippen LogP contribution in [0.3, 0.4) is 0 Å². The highest BCUT2D eigenvalue weighted by Gasteiger charge is 2.19. The summed E-state index contributed by atoms with van der Waals surface area (Å²) in [5.74, 6) is -3.56. The highest BCUT2D eigenvalue weighted by molar-refractivity contribution is 5.96. The first-order valence-corrected chi connectivity index (χ1v) is 5.35. The van der Waals surface area contributed by atoms with E-state index in [0.717, 1.165) is 6.07 Å². The van der Waals surface area contributed by atoms with Crippen molar-refractivity contribution in [2.24, 2.45) is 0 Å². The lowest BCUT2D eigenvalue weighted by molar-refractivity contribution is -0.141. The van der Waals surface area contributed by atoms with E-state index in [0.29, 0.717) is 0 Å². The summed E-state index contributed by atoms with van der Waals surface area (Å²) in [4.78, 5) is 22.5. The molecule has 0 aromatic heterocycles. The highest BCUT2D eigenvalue weighted by atomic mass is 19.1. The number of halogens is 2. The van der Waals surface area contributed by atoms with Crippen LogP contribution in [0.5, 0.6) is 0 Å². The molecule has 1 aromatic rings. The van der Waals surface area contributed by atoms with Crippen LogP contribution in [0.2, 0.25) is 0 Å². The van der Waals surface area contributed by atoms with E-state index in [1.807, 2.05) is 0 Å². The summed E-state index contributed by atoms with van der Waals surface area (Å²) >= 11 is 0. The van der Waals surface area contributed by atoms with Gasteiger partial charge in [-0.2, -0.15) is 0 Å². The van der Waals surface area contributed by atoms with Crippen molar-refractivity contribution in [3.05, 3.63) is 34.9 Å². The average molecular weight is 257 g/mol. The summed E-state index contributed by atoms with van der Waals surface area (Å²) in [6.45, 7) is 2.76. The summed E-state index contributed by atoms with van der Waals surface area (Å²) in [7, 11) is 0. The summed E-state index contributed by atoms with van der Waals surface area (Å²) in [5.41, 5.74) is -0.544. The Hall–Kier alpha value is -1.98. The van der Waals surface area contributed by atoms with Gasteiger partial charge in [0.1, 0.15) is 23.7 Å². The molecule has 1 N–H and O–H groups in total. The number of carbonyl (C=O) groups excluding carboxylic acids is 2. The van der Waals surface area contributed by atoms with Crippen LogP contribution in [0.25, 0.3) is 0 Å². The molecule has 0 bridgehead atoms. The molecule has 4 nitrogen and oxygen atoms in total. The van der Waals surface area contributed by atoms with Crippen molar-refractivity contribution in [1.29, 1.82) is 0 Å². The first kappa shape index (κ1) is 14.1. The van der Waals surface area contributed by atoms with E-state index >= 15 is 0 Å². The van der Waals surface area contributed by atoms with Gasteiger partial charge in [0.05, 0.1) is 6.61 Å². The standard InChI is InChI=1S/C12H13F2NO3/c1-3-18-9(16)6-15-12(17)10-8(13)5-4-7(2)11(10)14/h4-5H,3,6H2,1-2H3,(H,15,17). The second-order valence-corrected chi connectivity index (χ2v) is 3.54. The number of nitrogens with one attached hydrogen (secondary N) is 1. The Morgan fingerprint density at radius 1 is 1.33 bits per heavy atom. The number of amides is 1. The molecule has 0 unspecified atom stereocenters. The van der Waals surface area contributed by atoms with Crippen molar-refractivity contribution in [2.75, 3.05) is 13.2 Å². The largest absolute Gasteiger partial charge is 0.465 e. The average Bonchev–Trinajstić information content (AvgIpc) is 2.32. The second kappa shape index (κ2) is 6.09. The summed E-state index contributed by atoms with van der Waals surface area (Å²) in [6.07, 6.45) is 0. The molecule has 0 saturated heterocycles. The zero-order valence-electron chi connectivity index (χ0n) is 10.0. The van der Waals surface area contributed by atoms with Crippen molar-refractivity contribution in [1.82, 2.24) is 5.32 Å². The molecule has 18 heavy (non-hydrogen) atoms. The lowest BCUT2D eigenvalue weighted by Crippen LogP contribution is -2.32. The normalized spacial score (nSPS) is 10.0. The lowest BCUT2D eigenvalue weighted by atomic mass is 10.1. The summed E-state index contributed by atoms with van der Waals surface area (Å²) in [5, 5.41) is 2.10. The van der Waals surface area contributed by atoms with Crippen molar-refractivity contribution >= 4 is 11.9 Å². The van der Waals surface area contributed by atoms with Gasteiger partial charge in [-0.25, -0.2) is 8.78 Å². The molecule has 6 heteroatoms. The van der Waals surface area contributed by atoms with Crippen LogP contribution in [0.15, 0.2) is 12.1 Å². The first-order valence-electron chi connectivity index (χ1n) is 5.35. The maximum absolute atomic E-state index is 13.6. The van der Waals surface area contributed by atoms with Crippen molar-refractivity contribution in [2.45, 2.75) is 13.8 Å². The van der Waals surface area contributed by atoms with E-state index in [-0.39, 0.29) is 12.2 Å². The fourth-order valence-corrected chi connectivity index (χ4v) is 1.32. The van der Waals surface area contributed by atoms with E-state index in [9.17, 15) is 18.4 Å². The van der Waals surface area contributed by atoms with Gasteiger partial charge in [0.15, 0.2) is 0 Å². The van der Waals surface area contributed by atoms with Gasteiger partial charge in [-0.15, -0.1) is 0 Å². The number of benzene rings is 1. The molecule has 1 amide bonds. The van der Waals surface area contributed by atoms with E-state index < -0.39 is 35.6 Å². The number of ether oxygens (including phenoxy) is 1. The molecule has 98 valence electrons. The maximum Gasteiger partial charge on any atom is 0.325 e. The predicted octanol–water partition coefficient (Wildman–Crippen LogP) is 1.57. The van der Waals surface area contributed by atoms with Crippen LogP contribution in [-0.2, 0) is 9.53 Å². The summed E-state index contributed by atoms with van der Waals surface area (Å²) in [6, 6.07) is 2.23. The van der Waals surface area contributed by atoms with Crippen LogP contribution in [0, 0.1) is 18.6 Å². The van der Waals surface area contributed by atoms with Gasteiger partial charge in [0.2, 0.25) is 0 Å². The Kier molecular flexibility index (Phi) is 4.76. The van der Waals surface area contributed by atoms with Gasteiger partial charge in [0, 0.05) is 0 Å². The first-order chi connectivity index (χ1) is 8.47. The van der Waals surface area contributed by atoms with Crippen LogP contribution >= 0.6 is 0 Å². The van der Waals surface area contributed by atoms with Gasteiger partial charge < -0.3 is 10.1 Å². The molecular formula is C12H13F2NO3. The SMILES string of the molecule is CCOC(=O)CNC(=O)c1c(F)ccc(C)c1F. The quantitative estimate of drug-likeness (QED) is 0.833. The number of rotatable bonds is 4. The van der Waals surface area contributed by atoms with Gasteiger partial charge in [0.25, 0.3) is 5.91 Å². The van der Waals surface area contributed by atoms with Crippen molar-refractivity contribution in [3.63, 3.8) is 0 Å². The molecule has 0 aliphatic carbocycles. The molecule has 1 aromatic carbocycles. The Morgan fingerprint density at radius 2 is 2.00 bits per heavy atom. The van der Waals surface area contributed by atoms with Gasteiger partial charge in [-0.1, -0.05) is 6.07 Å². The Bertz CT molecular complexity index is 475. The fraction of sp³-hybridized carbons (Fsp3) is 0.333. The monoisotopic (exact) mass is 257 g/mol. The molecule has 1 rings (SSSR count). The third kappa shape index (κ3) is 3.26. The molecule has 0 heterocycles. The minimum absolute atomic E-state index is 0.151. The van der Waals surface area contributed by atoms with E-state index in [1.165, 1.54) is 13.0 Å². The second-order valence-electron chi connectivity index (χ2n) is 3.54. The molecular weight excluding hydrogens is 244 g/mol. The van der Waals surface area contributed by atoms with Gasteiger partial charge >= 0.3 is 5.97 Å². The Morgan fingerprint density at radius 3 is 2.61 bits per heavy atom. The minimum atomic E-state index is -0.984. The predicted molar refractivity (Wildman–Crippen MR) is 60.1 cm³/mol. The zero-order chi connectivity index (χ0) is 13.7. The number of hydrogen-bond donors (Lipinski definition) is 1. The third-order valence-corrected chi connectivity index (χ3v) is 2.21. The summed E-state index contributed by atoms with van der Waals surface area (Å²) < 4.78 is 31.5. The Labute approximate surface area is 103 Å². The van der Waals surface area contributed by atoms with E-state index in [4.69, 9.17) is 0 Å². The molecule has 0 fully saturated rings. The minimum Gasteiger partial charge on any atom is -0.465 e. The van der Waals surface area contributed by atoms with Crippen LogP contribution < -0.4 is 5.32 Å². The van der Waals surface area contributed by atoms with Crippen molar-refractivity contribution < 1.29 is 23.1 Å². The van der Waals surface area contributed by atoms with Crippen LogP contribution in [0.1, 0.15) is 22.8 Å². The van der Waals surface area contributed by atoms with Gasteiger partial charge in [-0.05, 0) is 25.5 Å². The van der Waals surface area contributed by atoms with E-state index in [1.54, 1.807) is 6.92 Å².